The molecule has 6 nitrogen and oxygen atoms in total. The van der Waals surface area contributed by atoms with E-state index in [0.29, 0.717) is 27.1 Å². The quantitative estimate of drug-likeness (QED) is 0.218. The Kier molecular flexibility index (Phi) is 7.87. The molecule has 0 aliphatic rings. The Balaban J connectivity index is 1.49. The van der Waals surface area contributed by atoms with Gasteiger partial charge in [0.05, 0.1) is 16.8 Å². The highest BCUT2D eigenvalue weighted by Crippen LogP contribution is 2.25. The van der Waals surface area contributed by atoms with Gasteiger partial charge in [-0.05, 0) is 79.1 Å². The SMILES string of the molecule is Cc1cc(OCC(=O)NN=Cc2ccc(OC(=O)c3ccccc3Cl)cc2)cc(C)c1Cl. The molecular weight excluding hydrogens is 451 g/mol. The summed E-state index contributed by atoms with van der Waals surface area (Å²) in [5, 5.41) is 4.90. The molecule has 1 N–H and O–H groups in total. The first kappa shape index (κ1) is 23.3. The first-order chi connectivity index (χ1) is 15.3. The first-order valence-corrected chi connectivity index (χ1v) is 10.4. The summed E-state index contributed by atoms with van der Waals surface area (Å²) in [5.41, 5.74) is 5.14. The molecule has 0 bridgehead atoms. The lowest BCUT2D eigenvalue weighted by atomic mass is 10.1. The highest BCUT2D eigenvalue weighted by Gasteiger charge is 2.12. The fourth-order valence-electron chi connectivity index (χ4n) is 2.76. The fraction of sp³-hybridized carbons (Fsp3) is 0.125. The molecule has 3 aromatic rings. The van der Waals surface area contributed by atoms with Crippen LogP contribution in [0.25, 0.3) is 0 Å². The van der Waals surface area contributed by atoms with Gasteiger partial charge in [-0.1, -0.05) is 35.3 Å². The van der Waals surface area contributed by atoms with Crippen molar-refractivity contribution in [3.8, 4) is 11.5 Å². The van der Waals surface area contributed by atoms with Gasteiger partial charge in [0, 0.05) is 5.02 Å². The number of rotatable bonds is 7. The van der Waals surface area contributed by atoms with E-state index in [9.17, 15) is 9.59 Å². The summed E-state index contributed by atoms with van der Waals surface area (Å²) >= 11 is 12.1. The number of hydrogen-bond donors (Lipinski definition) is 1. The Labute approximate surface area is 195 Å². The lowest BCUT2D eigenvalue weighted by molar-refractivity contribution is -0.123. The Morgan fingerprint density at radius 2 is 1.62 bits per heavy atom. The summed E-state index contributed by atoms with van der Waals surface area (Å²) in [4.78, 5) is 24.1. The summed E-state index contributed by atoms with van der Waals surface area (Å²) in [7, 11) is 0. The third kappa shape index (κ3) is 6.33. The van der Waals surface area contributed by atoms with Crippen molar-refractivity contribution >= 4 is 41.3 Å². The molecule has 0 atom stereocenters. The number of ether oxygens (including phenoxy) is 2. The molecule has 0 aromatic heterocycles. The van der Waals surface area contributed by atoms with Gasteiger partial charge in [-0.3, -0.25) is 4.79 Å². The summed E-state index contributed by atoms with van der Waals surface area (Å²) in [5.74, 6) is -0.0318. The van der Waals surface area contributed by atoms with Crippen LogP contribution in [0.3, 0.4) is 0 Å². The molecule has 1 amide bonds. The van der Waals surface area contributed by atoms with Gasteiger partial charge in [0.15, 0.2) is 6.61 Å². The summed E-state index contributed by atoms with van der Waals surface area (Å²) in [6.07, 6.45) is 1.47. The predicted molar refractivity (Wildman–Crippen MR) is 125 cm³/mol. The Morgan fingerprint density at radius 3 is 2.28 bits per heavy atom. The van der Waals surface area contributed by atoms with E-state index in [0.717, 1.165) is 11.1 Å². The van der Waals surface area contributed by atoms with Gasteiger partial charge in [0.1, 0.15) is 11.5 Å². The van der Waals surface area contributed by atoms with Crippen LogP contribution in [0.5, 0.6) is 11.5 Å². The van der Waals surface area contributed by atoms with Gasteiger partial charge in [-0.2, -0.15) is 5.10 Å². The van der Waals surface area contributed by atoms with E-state index >= 15 is 0 Å². The van der Waals surface area contributed by atoms with Crippen LogP contribution in [0.4, 0.5) is 0 Å². The number of aryl methyl sites for hydroxylation is 2. The van der Waals surface area contributed by atoms with Crippen LogP contribution >= 0.6 is 23.2 Å². The van der Waals surface area contributed by atoms with Crippen LogP contribution in [0, 0.1) is 13.8 Å². The smallest absolute Gasteiger partial charge is 0.345 e. The summed E-state index contributed by atoms with van der Waals surface area (Å²) in [6.45, 7) is 3.56. The van der Waals surface area contributed by atoms with Crippen LogP contribution in [-0.4, -0.2) is 24.7 Å². The van der Waals surface area contributed by atoms with Gasteiger partial charge in [0.25, 0.3) is 5.91 Å². The molecule has 0 saturated carbocycles. The number of nitrogens with zero attached hydrogens (tertiary/aromatic N) is 1. The number of hydrogen-bond acceptors (Lipinski definition) is 5. The molecule has 164 valence electrons. The zero-order chi connectivity index (χ0) is 23.1. The first-order valence-electron chi connectivity index (χ1n) is 9.61. The average molecular weight is 471 g/mol. The second-order valence-corrected chi connectivity index (χ2v) is 7.68. The molecule has 0 heterocycles. The Morgan fingerprint density at radius 1 is 0.969 bits per heavy atom. The van der Waals surface area contributed by atoms with Crippen LogP contribution in [0.1, 0.15) is 27.0 Å². The molecule has 32 heavy (non-hydrogen) atoms. The van der Waals surface area contributed by atoms with Crippen LogP contribution in [0.2, 0.25) is 10.0 Å². The van der Waals surface area contributed by atoms with Gasteiger partial charge in [-0.15, -0.1) is 0 Å². The van der Waals surface area contributed by atoms with E-state index < -0.39 is 11.9 Å². The van der Waals surface area contributed by atoms with Crippen molar-refractivity contribution in [1.29, 1.82) is 0 Å². The number of amides is 1. The van der Waals surface area contributed by atoms with Crippen molar-refractivity contribution < 1.29 is 19.1 Å². The molecule has 8 heteroatoms. The van der Waals surface area contributed by atoms with Crippen molar-refractivity contribution in [3.05, 3.63) is 93.0 Å². The van der Waals surface area contributed by atoms with Crippen molar-refractivity contribution in [2.45, 2.75) is 13.8 Å². The third-order valence-electron chi connectivity index (χ3n) is 4.37. The number of hydrazone groups is 1. The second kappa shape index (κ2) is 10.8. The fourth-order valence-corrected chi connectivity index (χ4v) is 3.08. The minimum absolute atomic E-state index is 0.186. The molecule has 0 radical (unpaired) electrons. The van der Waals surface area contributed by atoms with Gasteiger partial charge in [0.2, 0.25) is 0 Å². The lowest BCUT2D eigenvalue weighted by Crippen LogP contribution is -2.24. The predicted octanol–water partition coefficient (Wildman–Crippen LogP) is 5.36. The van der Waals surface area contributed by atoms with Gasteiger partial charge >= 0.3 is 5.97 Å². The van der Waals surface area contributed by atoms with Crippen LogP contribution in [0.15, 0.2) is 65.8 Å². The standard InChI is InChI=1S/C24H20Cl2N2O4/c1-15-11-19(12-16(2)23(15)26)31-14-22(29)28-27-13-17-7-9-18(10-8-17)32-24(30)20-5-3-4-6-21(20)25/h3-13H,14H2,1-2H3,(H,28,29). The van der Waals surface area contributed by atoms with E-state index in [1.165, 1.54) is 6.21 Å². The average Bonchev–Trinajstić information content (AvgIpc) is 2.77. The van der Waals surface area contributed by atoms with Crippen LogP contribution < -0.4 is 14.9 Å². The highest BCUT2D eigenvalue weighted by molar-refractivity contribution is 6.33. The minimum Gasteiger partial charge on any atom is -0.484 e. The Bertz CT molecular complexity index is 1140. The molecular formula is C24H20Cl2N2O4. The normalized spacial score (nSPS) is 10.8. The zero-order valence-electron chi connectivity index (χ0n) is 17.4. The number of esters is 1. The number of halogens is 2. The topological polar surface area (TPSA) is 77.0 Å². The maximum Gasteiger partial charge on any atom is 0.345 e. The molecule has 0 spiro atoms. The Hall–Kier alpha value is -3.35. The number of benzene rings is 3. The second-order valence-electron chi connectivity index (χ2n) is 6.89. The number of carbonyl (C=O) groups is 2. The minimum atomic E-state index is -0.546. The van der Waals surface area contributed by atoms with Crippen molar-refractivity contribution in [3.63, 3.8) is 0 Å². The lowest BCUT2D eigenvalue weighted by Gasteiger charge is -2.09. The maximum absolute atomic E-state index is 12.2. The molecule has 0 aliphatic carbocycles. The maximum atomic E-state index is 12.2. The third-order valence-corrected chi connectivity index (χ3v) is 5.29. The largest absolute Gasteiger partial charge is 0.484 e. The summed E-state index contributed by atoms with van der Waals surface area (Å²) < 4.78 is 10.8. The molecule has 0 saturated heterocycles. The molecule has 0 fully saturated rings. The molecule has 0 aliphatic heterocycles. The number of carbonyl (C=O) groups excluding carboxylic acids is 2. The van der Waals surface area contributed by atoms with E-state index in [1.807, 2.05) is 13.8 Å². The van der Waals surface area contributed by atoms with E-state index in [2.05, 4.69) is 10.5 Å². The molecule has 3 aromatic carbocycles. The summed E-state index contributed by atoms with van der Waals surface area (Å²) in [6, 6.07) is 16.8. The van der Waals surface area contributed by atoms with E-state index in [4.69, 9.17) is 32.7 Å². The van der Waals surface area contributed by atoms with Crippen molar-refractivity contribution in [1.82, 2.24) is 5.43 Å². The zero-order valence-corrected chi connectivity index (χ0v) is 18.9. The monoisotopic (exact) mass is 470 g/mol. The van der Waals surface area contributed by atoms with E-state index in [1.54, 1.807) is 60.7 Å². The number of nitrogens with one attached hydrogen (secondary N) is 1. The molecule has 0 unspecified atom stereocenters. The van der Waals surface area contributed by atoms with Gasteiger partial charge < -0.3 is 9.47 Å². The molecule has 3 rings (SSSR count). The van der Waals surface area contributed by atoms with Crippen LogP contribution in [-0.2, 0) is 4.79 Å². The van der Waals surface area contributed by atoms with Crippen molar-refractivity contribution in [2.24, 2.45) is 5.10 Å². The van der Waals surface area contributed by atoms with Gasteiger partial charge in [-0.25, -0.2) is 10.2 Å². The van der Waals surface area contributed by atoms with E-state index in [-0.39, 0.29) is 12.2 Å². The van der Waals surface area contributed by atoms with Crippen molar-refractivity contribution in [2.75, 3.05) is 6.61 Å². The highest BCUT2D eigenvalue weighted by atomic mass is 35.5.